The van der Waals surface area contributed by atoms with Crippen molar-refractivity contribution in [3.8, 4) is 11.8 Å². The molecule has 0 aliphatic carbocycles. The molecule has 0 spiro atoms. The Kier molecular flexibility index (Phi) is 19.4. The normalized spacial score (nSPS) is 19.0. The van der Waals surface area contributed by atoms with Crippen LogP contribution in [-0.4, -0.2) is 152 Å². The molecule has 76 heavy (non-hydrogen) atoms. The number of alkyl carbamates (subject to hydrolysis) is 2. The number of nitrogens with two attached hydrogens (primary N) is 1. The second-order valence-corrected chi connectivity index (χ2v) is 20.6. The molecule has 3 aromatic rings. The van der Waals surface area contributed by atoms with E-state index in [-0.39, 0.29) is 18.7 Å². The van der Waals surface area contributed by atoms with Crippen LogP contribution >= 0.6 is 0 Å². The highest BCUT2D eigenvalue weighted by Crippen LogP contribution is 2.41. The zero-order valence-corrected chi connectivity index (χ0v) is 43.5. The van der Waals surface area contributed by atoms with Crippen LogP contribution in [0.3, 0.4) is 0 Å². The van der Waals surface area contributed by atoms with E-state index in [2.05, 4.69) is 47.4 Å². The molecule has 3 fully saturated rings. The molecule has 1 aromatic heterocycles. The quantitative estimate of drug-likeness (QED) is 0.0302. The Balaban J connectivity index is 1.25. The molecule has 18 nitrogen and oxygen atoms in total. The molecule has 3 aliphatic rings. The average molecular weight is 1070 g/mol. The number of rotatable bonds is 19. The number of aliphatic hydroxyl groups is 1. The number of benzene rings is 2. The van der Waals surface area contributed by atoms with Gasteiger partial charge in [-0.05, 0) is 85.6 Å². The number of halogens is 5. The molecule has 3 aliphatic heterocycles. The fourth-order valence-corrected chi connectivity index (χ4v) is 9.23. The van der Waals surface area contributed by atoms with Crippen LogP contribution in [0.25, 0.3) is 5.70 Å². The first-order valence-corrected chi connectivity index (χ1v) is 24.7. The van der Waals surface area contributed by atoms with Crippen molar-refractivity contribution in [2.45, 2.75) is 116 Å². The lowest BCUT2D eigenvalue weighted by molar-refractivity contribution is -0.220. The largest absolute Gasteiger partial charge is 0.453 e. The maximum Gasteiger partial charge on any atom is 0.407 e. The maximum atomic E-state index is 14.6. The lowest BCUT2D eigenvalue weighted by Crippen LogP contribution is -2.63. The van der Waals surface area contributed by atoms with Crippen LogP contribution < -0.4 is 32.0 Å². The molecule has 23 heteroatoms. The van der Waals surface area contributed by atoms with E-state index < -0.39 is 78.3 Å². The van der Waals surface area contributed by atoms with Gasteiger partial charge in [0.25, 0.3) is 5.91 Å². The van der Waals surface area contributed by atoms with Gasteiger partial charge < -0.3 is 45.9 Å². The van der Waals surface area contributed by atoms with Gasteiger partial charge in [0.05, 0.1) is 51.0 Å². The number of nitrogens with one attached hydrogen (secondary N) is 4. The minimum Gasteiger partial charge on any atom is -0.453 e. The monoisotopic (exact) mass is 1070 g/mol. The summed E-state index contributed by atoms with van der Waals surface area (Å²) >= 11 is 0. The van der Waals surface area contributed by atoms with E-state index in [1.165, 1.54) is 11.1 Å². The third kappa shape index (κ3) is 15.4. The zero-order valence-electron chi connectivity index (χ0n) is 43.5. The molecule has 6 atom stereocenters. The Morgan fingerprint density at radius 3 is 1.95 bits per heavy atom. The van der Waals surface area contributed by atoms with Gasteiger partial charge in [-0.1, -0.05) is 69.0 Å². The Morgan fingerprint density at radius 1 is 0.842 bits per heavy atom. The number of aromatic nitrogens is 1. The Hall–Kier alpha value is -6.87. The second kappa shape index (κ2) is 25.3. The number of piperazine rings is 1. The van der Waals surface area contributed by atoms with E-state index in [1.807, 2.05) is 17.4 Å². The van der Waals surface area contributed by atoms with Crippen LogP contribution in [0.15, 0.2) is 77.9 Å². The number of nitrogens with zero attached hydrogens (tertiary/aromatic N) is 5. The minimum absolute atomic E-state index is 0.111. The number of carbonyl (C=O) groups excluding carboxylic acids is 4. The van der Waals surface area contributed by atoms with Gasteiger partial charge in [0.15, 0.2) is 0 Å². The highest BCUT2D eigenvalue weighted by Gasteiger charge is 2.56. The fraction of sp³-hybridized carbons (Fsp3) is 0.509. The highest BCUT2D eigenvalue weighted by atomic mass is 19.4. The Labute approximate surface area is 438 Å². The third-order valence-electron chi connectivity index (χ3n) is 13.7. The molecule has 2 unspecified atom stereocenters. The van der Waals surface area contributed by atoms with Gasteiger partial charge in [0, 0.05) is 67.5 Å². The summed E-state index contributed by atoms with van der Waals surface area (Å²) in [5.41, 5.74) is 7.90. The van der Waals surface area contributed by atoms with Gasteiger partial charge in [0.2, 0.25) is 5.91 Å². The van der Waals surface area contributed by atoms with Crippen molar-refractivity contribution < 1.29 is 60.4 Å². The number of ether oxygens (including phenoxy) is 3. The summed E-state index contributed by atoms with van der Waals surface area (Å²) in [5, 5.41) is 20.5. The molecule has 0 radical (unpaired) electrons. The van der Waals surface area contributed by atoms with Crippen molar-refractivity contribution in [1.29, 1.82) is 0 Å². The number of allylic oxidation sites excluding steroid dienone is 1. The van der Waals surface area contributed by atoms with Gasteiger partial charge in [-0.3, -0.25) is 19.9 Å². The number of pyridine rings is 1. The lowest BCUT2D eigenvalue weighted by Gasteiger charge is -2.47. The summed E-state index contributed by atoms with van der Waals surface area (Å²) in [6.07, 6.45) is -2.99. The van der Waals surface area contributed by atoms with Gasteiger partial charge in [-0.25, -0.2) is 24.6 Å². The average Bonchev–Trinajstić information content (AvgIpc) is 3.58. The minimum atomic E-state index is -5.02. The number of hydrogen-bond donors (Lipinski definition) is 6. The molecule has 412 valence electrons. The molecule has 2 bridgehead atoms. The van der Waals surface area contributed by atoms with E-state index in [4.69, 9.17) is 20.2 Å². The smallest absolute Gasteiger partial charge is 0.407 e. The first-order chi connectivity index (χ1) is 35.9. The fourth-order valence-electron chi connectivity index (χ4n) is 9.23. The summed E-state index contributed by atoms with van der Waals surface area (Å²) < 4.78 is 83.6. The van der Waals surface area contributed by atoms with Gasteiger partial charge in [-0.2, -0.15) is 22.0 Å². The molecule has 3 saturated heterocycles. The molecule has 6 rings (SSSR count). The summed E-state index contributed by atoms with van der Waals surface area (Å²) in [7, 11) is 2.05. The van der Waals surface area contributed by atoms with E-state index in [0.29, 0.717) is 45.9 Å². The van der Waals surface area contributed by atoms with Crippen LogP contribution in [0.5, 0.6) is 0 Å². The summed E-state index contributed by atoms with van der Waals surface area (Å²) in [6, 6.07) is 13.6. The summed E-state index contributed by atoms with van der Waals surface area (Å²) in [6.45, 7) is 6.34. The Morgan fingerprint density at radius 2 is 1.42 bits per heavy atom. The maximum absolute atomic E-state index is 14.6. The predicted molar refractivity (Wildman–Crippen MR) is 273 cm³/mol. The van der Waals surface area contributed by atoms with Crippen molar-refractivity contribution in [2.24, 2.45) is 21.6 Å². The number of amides is 4. The van der Waals surface area contributed by atoms with Crippen LogP contribution in [0, 0.1) is 22.7 Å². The summed E-state index contributed by atoms with van der Waals surface area (Å²) in [5.74, 6) is 5.09. The first-order valence-electron chi connectivity index (χ1n) is 24.7. The van der Waals surface area contributed by atoms with Crippen LogP contribution in [0.1, 0.15) is 75.3 Å². The van der Waals surface area contributed by atoms with E-state index in [9.17, 15) is 46.2 Å². The van der Waals surface area contributed by atoms with Crippen LogP contribution in [0.4, 0.5) is 37.4 Å². The van der Waals surface area contributed by atoms with Crippen molar-refractivity contribution in [1.82, 2.24) is 36.3 Å². The van der Waals surface area contributed by atoms with Crippen molar-refractivity contribution in [2.75, 3.05) is 52.0 Å². The molecule has 4 amide bonds. The third-order valence-corrected chi connectivity index (χ3v) is 13.7. The van der Waals surface area contributed by atoms with E-state index in [0.717, 1.165) is 79.2 Å². The molecule has 0 saturated carbocycles. The van der Waals surface area contributed by atoms with Crippen molar-refractivity contribution in [3.05, 3.63) is 101 Å². The molecular weight excluding hydrogens is 1000 g/mol. The van der Waals surface area contributed by atoms with E-state index >= 15 is 0 Å². The molecule has 2 aromatic carbocycles. The van der Waals surface area contributed by atoms with Gasteiger partial charge in [-0.15, -0.1) is 0 Å². The standard InChI is InChI=1S/C53H67F5N10O8/c1-51(2,3)44(63-49(72)74-6)47(71)65-67(26-35-14-17-36(18-15-35)40(59)22-23-60-48(54)55)29-42(69)41(62-46(70)45(64-50(73)75-7)52(4,5)53(56,57)58)24-33-11-8-32(9-12-33)10-13-34-16-21-43(61-25-34)66-27-37-19-20-38(28-66)68(37)39-30-76-31-39/h8-9,11-12,14-18,21-23,25,37-39,41-42,44-45,48,69H,19-20,24,26-31,59H2,1-7H3,(H,62,70)(H,63,72)(H,64,73)(H,65,71)/b40-22-,60-23+/t37?,38?,41-,42-,44+,45+/m0/s1. The number of aliphatic hydroxyl groups excluding tert-OH is 1. The van der Waals surface area contributed by atoms with Gasteiger partial charge in [0.1, 0.15) is 17.9 Å². The number of alkyl halides is 5. The van der Waals surface area contributed by atoms with Crippen LogP contribution in [0.2, 0.25) is 0 Å². The van der Waals surface area contributed by atoms with Crippen molar-refractivity contribution >= 4 is 41.7 Å². The number of anilines is 1. The number of hydrazine groups is 1. The highest BCUT2D eigenvalue weighted by molar-refractivity contribution is 5.87. The SMILES string of the molecule is COC(=O)N[C@H](C(=O)NN(Cc1ccc(/C(N)=C/C=N/C(F)F)cc1)C[C@H](O)[C@H](Cc1ccc(C#Cc2ccc(N3CC4CCC(C3)N4C3COC3)nc2)cc1)NC(=O)[C@@H](NC(=O)OC)C(C)(C)C(F)(F)F)C(C)(C)C. The lowest BCUT2D eigenvalue weighted by atomic mass is 9.82. The number of aliphatic imine (C=N–C) groups is 1. The van der Waals surface area contributed by atoms with Crippen molar-refractivity contribution in [3.63, 3.8) is 0 Å². The zero-order chi connectivity index (χ0) is 55.5. The number of fused-ring (bicyclic) bond motifs is 2. The van der Waals surface area contributed by atoms with E-state index in [1.54, 1.807) is 75.5 Å². The second-order valence-electron chi connectivity index (χ2n) is 20.6. The van der Waals surface area contributed by atoms with Gasteiger partial charge >= 0.3 is 24.9 Å². The van der Waals surface area contributed by atoms with Crippen LogP contribution in [-0.2, 0) is 36.8 Å². The number of hydrogen-bond acceptors (Lipinski definition) is 14. The molecular formula is C53H67F5N10O8. The molecule has 4 heterocycles. The topological polar surface area (TPSA) is 225 Å². The Bertz CT molecular complexity index is 2580. The first kappa shape index (κ1) is 58.4. The number of carbonyl (C=O) groups is 4. The number of methoxy groups -OCH3 is 2. The predicted octanol–water partition coefficient (Wildman–Crippen LogP) is 5.13. The summed E-state index contributed by atoms with van der Waals surface area (Å²) in [4.78, 5) is 65.6. The molecule has 7 N–H and O–H groups in total.